The van der Waals surface area contributed by atoms with Crippen LogP contribution in [0.4, 0.5) is 13.6 Å². The minimum absolute atomic E-state index is 0.253. The van der Waals surface area contributed by atoms with Gasteiger partial charge in [0.2, 0.25) is 0 Å². The Morgan fingerprint density at radius 3 is 2.17 bits per heavy atom. The van der Waals surface area contributed by atoms with Gasteiger partial charge in [0.25, 0.3) is 5.91 Å². The van der Waals surface area contributed by atoms with Gasteiger partial charge in [0.15, 0.2) is 0 Å². The van der Waals surface area contributed by atoms with Gasteiger partial charge >= 0.3 is 6.03 Å². The molecular weight excluding hydrogens is 388 g/mol. The van der Waals surface area contributed by atoms with Gasteiger partial charge in [-0.1, -0.05) is 36.4 Å². The van der Waals surface area contributed by atoms with Crippen LogP contribution in [0.3, 0.4) is 0 Å². The fraction of sp³-hybridized carbons (Fsp3) is 0.130. The Labute approximate surface area is 172 Å². The topological polar surface area (TPSA) is 84.2 Å². The number of carbonyl (C=O) groups is 2. The van der Waals surface area contributed by atoms with Crippen molar-refractivity contribution in [2.75, 3.05) is 0 Å². The van der Waals surface area contributed by atoms with Crippen LogP contribution < -0.4 is 16.4 Å². The zero-order valence-electron chi connectivity index (χ0n) is 16.1. The Bertz CT molecular complexity index is 1040. The molecule has 0 spiro atoms. The summed E-state index contributed by atoms with van der Waals surface area (Å²) < 4.78 is 27.3. The van der Waals surface area contributed by atoms with E-state index >= 15 is 0 Å². The molecule has 0 aromatic heterocycles. The maximum absolute atomic E-state index is 13.8. The van der Waals surface area contributed by atoms with Crippen molar-refractivity contribution in [1.82, 2.24) is 10.6 Å². The number of urea groups is 1. The molecule has 0 saturated carbocycles. The molecule has 3 aromatic carbocycles. The molecule has 7 heteroatoms. The summed E-state index contributed by atoms with van der Waals surface area (Å²) in [4.78, 5) is 23.6. The Balaban J connectivity index is 1.78. The van der Waals surface area contributed by atoms with E-state index in [-0.39, 0.29) is 18.3 Å². The molecular formula is C23H21F2N3O2. The lowest BCUT2D eigenvalue weighted by molar-refractivity contribution is 0.0936. The lowest BCUT2D eigenvalue weighted by atomic mass is 9.98. The van der Waals surface area contributed by atoms with Crippen LogP contribution in [0.2, 0.25) is 0 Å². The molecule has 0 radical (unpaired) electrons. The predicted octanol–water partition coefficient (Wildman–Crippen LogP) is 3.85. The van der Waals surface area contributed by atoms with Gasteiger partial charge in [-0.15, -0.1) is 0 Å². The lowest BCUT2D eigenvalue weighted by Gasteiger charge is -2.20. The number of nitrogens with two attached hydrogens (primary N) is 1. The second-order valence-corrected chi connectivity index (χ2v) is 6.83. The molecule has 3 amide bonds. The molecule has 0 saturated heterocycles. The van der Waals surface area contributed by atoms with Crippen LogP contribution in [0.1, 0.15) is 33.1 Å². The molecule has 1 atom stereocenters. The third kappa shape index (κ3) is 5.88. The van der Waals surface area contributed by atoms with E-state index < -0.39 is 17.9 Å². The summed E-state index contributed by atoms with van der Waals surface area (Å²) >= 11 is 0. The van der Waals surface area contributed by atoms with Crippen molar-refractivity contribution in [2.24, 2.45) is 5.73 Å². The van der Waals surface area contributed by atoms with Gasteiger partial charge in [0.05, 0.1) is 6.04 Å². The van der Waals surface area contributed by atoms with Gasteiger partial charge in [0.1, 0.15) is 11.6 Å². The first-order valence-corrected chi connectivity index (χ1v) is 9.34. The molecule has 1 unspecified atom stereocenters. The van der Waals surface area contributed by atoms with Crippen molar-refractivity contribution in [3.63, 3.8) is 0 Å². The van der Waals surface area contributed by atoms with Crippen LogP contribution in [0.5, 0.6) is 0 Å². The smallest absolute Gasteiger partial charge is 0.312 e. The summed E-state index contributed by atoms with van der Waals surface area (Å²) in [6, 6.07) is 17.5. The summed E-state index contributed by atoms with van der Waals surface area (Å²) in [6.07, 6.45) is 0.299. The first-order valence-electron chi connectivity index (χ1n) is 9.34. The predicted molar refractivity (Wildman–Crippen MR) is 110 cm³/mol. The maximum Gasteiger partial charge on any atom is 0.312 e. The largest absolute Gasteiger partial charge is 0.352 e. The zero-order chi connectivity index (χ0) is 21.5. The fourth-order valence-corrected chi connectivity index (χ4v) is 3.08. The van der Waals surface area contributed by atoms with Gasteiger partial charge in [-0.25, -0.2) is 13.6 Å². The molecule has 0 aliphatic rings. The van der Waals surface area contributed by atoms with Gasteiger partial charge in [-0.3, -0.25) is 4.79 Å². The standard InChI is InChI=1S/C23H21F2N3O2/c24-19-5-1-3-16(11-19)12-21(18-4-2-6-20(25)13-18)28-22(29)17-9-7-15(8-10-17)14-27-23(26)30/h1-11,13,21H,12,14H2,(H,28,29)(H3,26,27,30). The molecule has 3 rings (SSSR count). The highest BCUT2D eigenvalue weighted by Gasteiger charge is 2.17. The van der Waals surface area contributed by atoms with Crippen molar-refractivity contribution in [2.45, 2.75) is 19.0 Å². The quantitative estimate of drug-likeness (QED) is 0.554. The van der Waals surface area contributed by atoms with E-state index in [1.165, 1.54) is 24.3 Å². The molecule has 0 heterocycles. The number of rotatable bonds is 7. The van der Waals surface area contributed by atoms with Crippen LogP contribution in [-0.2, 0) is 13.0 Å². The summed E-state index contributed by atoms with van der Waals surface area (Å²) in [5.41, 5.74) is 7.49. The van der Waals surface area contributed by atoms with Crippen LogP contribution in [-0.4, -0.2) is 11.9 Å². The Hall–Kier alpha value is -3.74. The number of hydrogen-bond acceptors (Lipinski definition) is 2. The van der Waals surface area contributed by atoms with Crippen molar-refractivity contribution < 1.29 is 18.4 Å². The minimum Gasteiger partial charge on any atom is -0.352 e. The van der Waals surface area contributed by atoms with Crippen LogP contribution in [0, 0.1) is 11.6 Å². The summed E-state index contributed by atoms with van der Waals surface area (Å²) in [5, 5.41) is 5.37. The Morgan fingerprint density at radius 2 is 1.53 bits per heavy atom. The fourth-order valence-electron chi connectivity index (χ4n) is 3.08. The second kappa shape index (κ2) is 9.65. The molecule has 0 aliphatic heterocycles. The number of halogens is 2. The minimum atomic E-state index is -0.632. The molecule has 5 nitrogen and oxygen atoms in total. The van der Waals surface area contributed by atoms with Crippen molar-refractivity contribution in [3.05, 3.63) is 107 Å². The number of benzene rings is 3. The first-order chi connectivity index (χ1) is 14.4. The molecule has 0 bridgehead atoms. The molecule has 30 heavy (non-hydrogen) atoms. The van der Waals surface area contributed by atoms with E-state index in [1.54, 1.807) is 48.5 Å². The third-order valence-corrected chi connectivity index (χ3v) is 4.57. The number of primary amides is 1. The van der Waals surface area contributed by atoms with Crippen molar-refractivity contribution in [3.8, 4) is 0 Å². The molecule has 4 N–H and O–H groups in total. The SMILES string of the molecule is NC(=O)NCc1ccc(C(=O)NC(Cc2cccc(F)c2)c2cccc(F)c2)cc1. The van der Waals surface area contributed by atoms with E-state index in [4.69, 9.17) is 5.73 Å². The molecule has 0 aliphatic carbocycles. The molecule has 154 valence electrons. The van der Waals surface area contributed by atoms with E-state index in [2.05, 4.69) is 10.6 Å². The first kappa shape index (κ1) is 21.0. The average molecular weight is 409 g/mol. The third-order valence-electron chi connectivity index (χ3n) is 4.57. The van der Waals surface area contributed by atoms with E-state index in [0.717, 1.165) is 5.56 Å². The van der Waals surface area contributed by atoms with Gasteiger partial charge in [0, 0.05) is 12.1 Å². The highest BCUT2D eigenvalue weighted by atomic mass is 19.1. The Kier molecular flexibility index (Phi) is 6.75. The van der Waals surface area contributed by atoms with Gasteiger partial charge in [-0.05, 0) is 59.5 Å². The van der Waals surface area contributed by atoms with Crippen LogP contribution in [0.25, 0.3) is 0 Å². The van der Waals surface area contributed by atoms with Crippen molar-refractivity contribution >= 4 is 11.9 Å². The number of hydrogen-bond donors (Lipinski definition) is 3. The molecule has 0 fully saturated rings. The van der Waals surface area contributed by atoms with Crippen LogP contribution >= 0.6 is 0 Å². The normalized spacial score (nSPS) is 11.5. The average Bonchev–Trinajstić information content (AvgIpc) is 2.72. The highest BCUT2D eigenvalue weighted by molar-refractivity contribution is 5.94. The van der Waals surface area contributed by atoms with E-state index in [1.807, 2.05) is 0 Å². The number of nitrogens with one attached hydrogen (secondary N) is 2. The summed E-state index contributed by atoms with van der Waals surface area (Å²) in [6.45, 7) is 0.253. The molecule has 3 aromatic rings. The number of carbonyl (C=O) groups excluding carboxylic acids is 2. The maximum atomic E-state index is 13.8. The Morgan fingerprint density at radius 1 is 0.867 bits per heavy atom. The summed E-state index contributed by atoms with van der Waals surface area (Å²) in [5.74, 6) is -1.15. The highest BCUT2D eigenvalue weighted by Crippen LogP contribution is 2.21. The van der Waals surface area contributed by atoms with Gasteiger partial charge < -0.3 is 16.4 Å². The van der Waals surface area contributed by atoms with Crippen molar-refractivity contribution in [1.29, 1.82) is 0 Å². The summed E-state index contributed by atoms with van der Waals surface area (Å²) in [7, 11) is 0. The monoisotopic (exact) mass is 409 g/mol. The van der Waals surface area contributed by atoms with E-state index in [0.29, 0.717) is 23.1 Å². The van der Waals surface area contributed by atoms with E-state index in [9.17, 15) is 18.4 Å². The zero-order valence-corrected chi connectivity index (χ0v) is 16.1. The number of amides is 3. The lowest BCUT2D eigenvalue weighted by Crippen LogP contribution is -2.30. The van der Waals surface area contributed by atoms with Crippen LogP contribution in [0.15, 0.2) is 72.8 Å². The van der Waals surface area contributed by atoms with Gasteiger partial charge in [-0.2, -0.15) is 0 Å². The second-order valence-electron chi connectivity index (χ2n) is 6.83.